The molecule has 2 amide bonds. The molecular weight excluding hydrogens is 230 g/mol. The number of carbonyl (C=O) groups excluding carboxylic acids is 2. The van der Waals surface area contributed by atoms with E-state index in [1.165, 1.54) is 5.57 Å². The van der Waals surface area contributed by atoms with Gasteiger partial charge in [0.15, 0.2) is 0 Å². The van der Waals surface area contributed by atoms with E-state index >= 15 is 0 Å². The molecule has 2 aliphatic heterocycles. The van der Waals surface area contributed by atoms with Gasteiger partial charge in [0.25, 0.3) is 0 Å². The lowest BCUT2D eigenvalue weighted by Gasteiger charge is -2.38. The van der Waals surface area contributed by atoms with Crippen LogP contribution in [0, 0.1) is 5.92 Å². The Balaban J connectivity index is 2.10. The van der Waals surface area contributed by atoms with Gasteiger partial charge in [-0.3, -0.25) is 9.59 Å². The fourth-order valence-electron chi connectivity index (χ4n) is 2.50. The minimum atomic E-state index is -0.296. The van der Waals surface area contributed by atoms with Crippen LogP contribution in [-0.2, 0) is 9.59 Å². The first-order chi connectivity index (χ1) is 8.50. The number of primary amides is 1. The summed E-state index contributed by atoms with van der Waals surface area (Å²) in [6.07, 6.45) is 1.64. The van der Waals surface area contributed by atoms with E-state index in [0.717, 1.165) is 31.5 Å². The van der Waals surface area contributed by atoms with E-state index in [9.17, 15) is 9.59 Å². The maximum absolute atomic E-state index is 12.4. The van der Waals surface area contributed by atoms with Crippen molar-refractivity contribution in [3.8, 4) is 0 Å². The second kappa shape index (κ2) is 5.10. The number of hydrogen-bond donors (Lipinski definition) is 2. The van der Waals surface area contributed by atoms with Crippen LogP contribution < -0.4 is 11.1 Å². The van der Waals surface area contributed by atoms with Crippen molar-refractivity contribution < 1.29 is 9.59 Å². The van der Waals surface area contributed by atoms with Crippen LogP contribution in [-0.4, -0.2) is 42.4 Å². The Kier molecular flexibility index (Phi) is 3.71. The number of rotatable bonds is 2. The summed E-state index contributed by atoms with van der Waals surface area (Å²) in [6, 6.07) is 0.191. The van der Waals surface area contributed by atoms with Gasteiger partial charge in [-0.05, 0) is 32.3 Å². The van der Waals surface area contributed by atoms with Crippen molar-refractivity contribution in [3.63, 3.8) is 0 Å². The molecule has 2 aliphatic rings. The Morgan fingerprint density at radius 3 is 2.50 bits per heavy atom. The van der Waals surface area contributed by atoms with Gasteiger partial charge in [0.05, 0.1) is 5.92 Å². The highest BCUT2D eigenvalue weighted by atomic mass is 16.2. The zero-order valence-corrected chi connectivity index (χ0v) is 11.0. The van der Waals surface area contributed by atoms with Crippen molar-refractivity contribution in [1.82, 2.24) is 10.2 Å². The van der Waals surface area contributed by atoms with Gasteiger partial charge in [0.2, 0.25) is 11.8 Å². The lowest BCUT2D eigenvalue weighted by atomic mass is 9.91. The average molecular weight is 251 g/mol. The van der Waals surface area contributed by atoms with E-state index in [0.29, 0.717) is 6.54 Å². The number of likely N-dealkylation sites (tertiary alicyclic amines) is 1. The molecular formula is C13H21N3O2. The van der Waals surface area contributed by atoms with Gasteiger partial charge in [-0.2, -0.15) is 0 Å². The molecule has 0 aromatic rings. The van der Waals surface area contributed by atoms with Gasteiger partial charge in [0.1, 0.15) is 0 Å². The maximum Gasteiger partial charge on any atom is 0.249 e. The number of nitrogens with two attached hydrogens (primary N) is 1. The molecule has 0 saturated carbocycles. The van der Waals surface area contributed by atoms with Crippen LogP contribution in [0.25, 0.3) is 0 Å². The Bertz CT molecular complexity index is 397. The van der Waals surface area contributed by atoms with Crippen LogP contribution >= 0.6 is 0 Å². The van der Waals surface area contributed by atoms with Crippen molar-refractivity contribution >= 4 is 11.8 Å². The van der Waals surface area contributed by atoms with E-state index in [-0.39, 0.29) is 23.8 Å². The second-order valence-electron chi connectivity index (χ2n) is 5.32. The quantitative estimate of drug-likeness (QED) is 0.679. The molecule has 2 fully saturated rings. The standard InChI is InChI=1S/C13H21N3O2/c1-8-3-4-10(12(14)17)7-16(8)13(18)9(2)11-5-15-6-11/h8,10,15H,3-7H2,1-2H3,(H2,14,17). The zero-order valence-electron chi connectivity index (χ0n) is 11.0. The predicted molar refractivity (Wildman–Crippen MR) is 68.7 cm³/mol. The molecule has 2 atom stereocenters. The van der Waals surface area contributed by atoms with Crippen LogP contribution in [0.15, 0.2) is 11.1 Å². The average Bonchev–Trinajstić information content (AvgIpc) is 2.26. The maximum atomic E-state index is 12.4. The summed E-state index contributed by atoms with van der Waals surface area (Å²) in [4.78, 5) is 25.5. The fourth-order valence-corrected chi connectivity index (χ4v) is 2.50. The predicted octanol–water partition coefficient (Wildman–Crippen LogP) is 0.0185. The molecule has 0 bridgehead atoms. The minimum Gasteiger partial charge on any atom is -0.369 e. The zero-order chi connectivity index (χ0) is 13.3. The van der Waals surface area contributed by atoms with Gasteiger partial charge in [-0.15, -0.1) is 0 Å². The summed E-state index contributed by atoms with van der Waals surface area (Å²) in [7, 11) is 0. The molecule has 3 N–H and O–H groups in total. The molecule has 0 spiro atoms. The second-order valence-corrected chi connectivity index (χ2v) is 5.32. The van der Waals surface area contributed by atoms with Crippen molar-refractivity contribution in [3.05, 3.63) is 11.1 Å². The van der Waals surface area contributed by atoms with E-state index in [1.807, 2.05) is 13.8 Å². The number of piperidine rings is 1. The van der Waals surface area contributed by atoms with Crippen LogP contribution in [0.4, 0.5) is 0 Å². The molecule has 2 saturated heterocycles. The SMILES string of the molecule is CC(C(=O)N1CC(C(N)=O)CCC1C)=C1CNC1. The van der Waals surface area contributed by atoms with Crippen LogP contribution in [0.5, 0.6) is 0 Å². The van der Waals surface area contributed by atoms with Gasteiger partial charge < -0.3 is 16.0 Å². The van der Waals surface area contributed by atoms with Crippen LogP contribution in [0.3, 0.4) is 0 Å². The summed E-state index contributed by atoms with van der Waals surface area (Å²) < 4.78 is 0. The highest BCUT2D eigenvalue weighted by Gasteiger charge is 2.32. The molecule has 2 rings (SSSR count). The van der Waals surface area contributed by atoms with Crippen LogP contribution in [0.2, 0.25) is 0 Å². The molecule has 5 nitrogen and oxygen atoms in total. The highest BCUT2D eigenvalue weighted by molar-refractivity contribution is 5.94. The van der Waals surface area contributed by atoms with Crippen LogP contribution in [0.1, 0.15) is 26.7 Å². The van der Waals surface area contributed by atoms with E-state index in [4.69, 9.17) is 5.73 Å². The third-order valence-electron chi connectivity index (χ3n) is 4.07. The van der Waals surface area contributed by atoms with Gasteiger partial charge in [0, 0.05) is 31.2 Å². The Morgan fingerprint density at radius 1 is 1.33 bits per heavy atom. The number of amides is 2. The molecule has 5 heteroatoms. The van der Waals surface area contributed by atoms with Crippen molar-refractivity contribution in [2.75, 3.05) is 19.6 Å². The number of carbonyl (C=O) groups is 2. The molecule has 0 radical (unpaired) electrons. The largest absolute Gasteiger partial charge is 0.369 e. The first-order valence-electron chi connectivity index (χ1n) is 6.50. The van der Waals surface area contributed by atoms with Crippen molar-refractivity contribution in [1.29, 1.82) is 0 Å². The molecule has 0 aliphatic carbocycles. The number of hydrogen-bond acceptors (Lipinski definition) is 3. The first-order valence-corrected chi connectivity index (χ1v) is 6.50. The first kappa shape index (κ1) is 13.1. The fraction of sp³-hybridized carbons (Fsp3) is 0.692. The van der Waals surface area contributed by atoms with Gasteiger partial charge in [-0.25, -0.2) is 0 Å². The Morgan fingerprint density at radius 2 is 2.00 bits per heavy atom. The normalized spacial score (nSPS) is 27.7. The molecule has 18 heavy (non-hydrogen) atoms. The van der Waals surface area contributed by atoms with Crippen molar-refractivity contribution in [2.24, 2.45) is 11.7 Å². The minimum absolute atomic E-state index is 0.0601. The number of nitrogens with zero attached hydrogens (tertiary/aromatic N) is 1. The monoisotopic (exact) mass is 251 g/mol. The van der Waals surface area contributed by atoms with E-state index < -0.39 is 0 Å². The Labute approximate surface area is 107 Å². The van der Waals surface area contributed by atoms with Crippen molar-refractivity contribution in [2.45, 2.75) is 32.7 Å². The molecule has 2 heterocycles. The summed E-state index contributed by atoms with van der Waals surface area (Å²) in [5.41, 5.74) is 7.35. The summed E-state index contributed by atoms with van der Waals surface area (Å²) in [5, 5.41) is 3.14. The smallest absolute Gasteiger partial charge is 0.249 e. The van der Waals surface area contributed by atoms with E-state index in [1.54, 1.807) is 4.90 Å². The van der Waals surface area contributed by atoms with Gasteiger partial charge in [-0.1, -0.05) is 0 Å². The summed E-state index contributed by atoms with van der Waals surface area (Å²) >= 11 is 0. The molecule has 2 unspecified atom stereocenters. The third kappa shape index (κ3) is 2.41. The van der Waals surface area contributed by atoms with Gasteiger partial charge >= 0.3 is 0 Å². The third-order valence-corrected chi connectivity index (χ3v) is 4.07. The molecule has 0 aromatic carbocycles. The molecule has 100 valence electrons. The lowest BCUT2D eigenvalue weighted by molar-refractivity contribution is -0.134. The molecule has 0 aromatic heterocycles. The highest BCUT2D eigenvalue weighted by Crippen LogP contribution is 2.24. The summed E-state index contributed by atoms with van der Waals surface area (Å²) in [5.74, 6) is -0.428. The van der Waals surface area contributed by atoms with E-state index in [2.05, 4.69) is 5.32 Å². The lowest BCUT2D eigenvalue weighted by Crippen LogP contribution is -2.49. The number of nitrogens with one attached hydrogen (secondary N) is 1. The summed E-state index contributed by atoms with van der Waals surface area (Å²) in [6.45, 7) is 5.98. The Hall–Kier alpha value is -1.36. The topological polar surface area (TPSA) is 75.4 Å².